The minimum atomic E-state index is 0.412. The third kappa shape index (κ3) is 2.01. The van der Waals surface area contributed by atoms with E-state index in [9.17, 15) is 0 Å². The van der Waals surface area contributed by atoms with E-state index in [1.54, 1.807) is 6.20 Å². The molecule has 70 valence electrons. The highest BCUT2D eigenvalue weighted by atomic mass is 35.5. The van der Waals surface area contributed by atoms with Gasteiger partial charge in [0.1, 0.15) is 5.15 Å². The van der Waals surface area contributed by atoms with Gasteiger partial charge < -0.3 is 5.32 Å². The van der Waals surface area contributed by atoms with Gasteiger partial charge in [-0.3, -0.25) is 0 Å². The number of halogens is 1. The first kappa shape index (κ1) is 8.97. The summed E-state index contributed by atoms with van der Waals surface area (Å²) in [5.74, 6) is 0. The number of hydrogen-bond donors (Lipinski definition) is 1. The third-order valence-corrected chi connectivity index (χ3v) is 2.79. The van der Waals surface area contributed by atoms with Crippen molar-refractivity contribution in [3.05, 3.63) is 29.0 Å². The molecule has 1 aliphatic rings. The molecule has 3 heteroatoms. The largest absolute Gasteiger partial charge is 0.310 e. The smallest absolute Gasteiger partial charge is 0.133 e. The SMILES string of the molecule is Clc1ncccc1[C@@H]1CCCCN1. The summed E-state index contributed by atoms with van der Waals surface area (Å²) < 4.78 is 0. The molecular formula is C10H13ClN2. The average molecular weight is 197 g/mol. The van der Waals surface area contributed by atoms with Crippen molar-refractivity contribution in [2.75, 3.05) is 6.54 Å². The van der Waals surface area contributed by atoms with Crippen LogP contribution in [0.2, 0.25) is 5.15 Å². The Morgan fingerprint density at radius 3 is 3.08 bits per heavy atom. The molecule has 2 heterocycles. The number of nitrogens with zero attached hydrogens (tertiary/aromatic N) is 1. The molecule has 1 saturated heterocycles. The molecular weight excluding hydrogens is 184 g/mol. The van der Waals surface area contributed by atoms with Crippen LogP contribution in [0.4, 0.5) is 0 Å². The zero-order valence-electron chi connectivity index (χ0n) is 7.46. The van der Waals surface area contributed by atoms with E-state index in [4.69, 9.17) is 11.6 Å². The lowest BCUT2D eigenvalue weighted by Gasteiger charge is -2.23. The summed E-state index contributed by atoms with van der Waals surface area (Å²) in [5, 5.41) is 4.09. The van der Waals surface area contributed by atoms with Crippen LogP contribution in [0.25, 0.3) is 0 Å². The molecule has 0 aliphatic carbocycles. The van der Waals surface area contributed by atoms with Crippen molar-refractivity contribution in [3.8, 4) is 0 Å². The quantitative estimate of drug-likeness (QED) is 0.699. The Morgan fingerprint density at radius 1 is 1.46 bits per heavy atom. The van der Waals surface area contributed by atoms with Crippen LogP contribution in [-0.4, -0.2) is 11.5 Å². The van der Waals surface area contributed by atoms with Gasteiger partial charge in [-0.1, -0.05) is 24.1 Å². The molecule has 1 aromatic heterocycles. The number of rotatable bonds is 1. The Morgan fingerprint density at radius 2 is 2.38 bits per heavy atom. The van der Waals surface area contributed by atoms with Gasteiger partial charge in [-0.25, -0.2) is 4.98 Å². The van der Waals surface area contributed by atoms with Crippen molar-refractivity contribution >= 4 is 11.6 Å². The van der Waals surface area contributed by atoms with Crippen LogP contribution >= 0.6 is 11.6 Å². The second-order valence-electron chi connectivity index (χ2n) is 3.39. The first-order valence-electron chi connectivity index (χ1n) is 4.72. The van der Waals surface area contributed by atoms with Gasteiger partial charge in [-0.15, -0.1) is 0 Å². The standard InChI is InChI=1S/C10H13ClN2/c11-10-8(4-3-7-13-10)9-5-1-2-6-12-9/h3-4,7,9,12H,1-2,5-6H2/t9-/m0/s1. The topological polar surface area (TPSA) is 24.9 Å². The second-order valence-corrected chi connectivity index (χ2v) is 3.74. The zero-order chi connectivity index (χ0) is 9.10. The molecule has 1 fully saturated rings. The molecule has 0 saturated carbocycles. The van der Waals surface area contributed by atoms with Crippen molar-refractivity contribution < 1.29 is 0 Å². The lowest BCUT2D eigenvalue weighted by atomic mass is 9.99. The average Bonchev–Trinajstić information content (AvgIpc) is 2.20. The predicted molar refractivity (Wildman–Crippen MR) is 53.8 cm³/mol. The zero-order valence-corrected chi connectivity index (χ0v) is 8.22. The number of nitrogens with one attached hydrogen (secondary N) is 1. The van der Waals surface area contributed by atoms with E-state index >= 15 is 0 Å². The Balaban J connectivity index is 2.18. The lowest BCUT2D eigenvalue weighted by Crippen LogP contribution is -2.27. The normalized spacial score (nSPS) is 23.0. The summed E-state index contributed by atoms with van der Waals surface area (Å²) in [6.07, 6.45) is 5.46. The van der Waals surface area contributed by atoms with Crippen LogP contribution in [-0.2, 0) is 0 Å². The van der Waals surface area contributed by atoms with Gasteiger partial charge in [-0.2, -0.15) is 0 Å². The molecule has 1 N–H and O–H groups in total. The van der Waals surface area contributed by atoms with E-state index in [1.165, 1.54) is 19.3 Å². The van der Waals surface area contributed by atoms with Crippen LogP contribution in [0.15, 0.2) is 18.3 Å². The van der Waals surface area contributed by atoms with E-state index in [0.717, 1.165) is 12.1 Å². The molecule has 1 aliphatic heterocycles. The Labute approximate surface area is 83.3 Å². The highest BCUT2D eigenvalue weighted by molar-refractivity contribution is 6.30. The van der Waals surface area contributed by atoms with Gasteiger partial charge >= 0.3 is 0 Å². The van der Waals surface area contributed by atoms with Crippen LogP contribution in [0, 0.1) is 0 Å². The van der Waals surface area contributed by atoms with Crippen molar-refractivity contribution in [1.82, 2.24) is 10.3 Å². The number of hydrogen-bond acceptors (Lipinski definition) is 2. The molecule has 0 unspecified atom stereocenters. The third-order valence-electron chi connectivity index (χ3n) is 2.47. The van der Waals surface area contributed by atoms with Gasteiger partial charge in [0.2, 0.25) is 0 Å². The molecule has 0 bridgehead atoms. The van der Waals surface area contributed by atoms with E-state index in [2.05, 4.69) is 16.4 Å². The van der Waals surface area contributed by atoms with Gasteiger partial charge in [0.05, 0.1) is 0 Å². The van der Waals surface area contributed by atoms with Crippen molar-refractivity contribution in [2.24, 2.45) is 0 Å². The molecule has 13 heavy (non-hydrogen) atoms. The summed E-state index contributed by atoms with van der Waals surface area (Å²) >= 11 is 6.01. The maximum absolute atomic E-state index is 6.01. The Bertz CT molecular complexity index is 282. The number of piperidine rings is 1. The van der Waals surface area contributed by atoms with E-state index < -0.39 is 0 Å². The molecule has 2 rings (SSSR count). The highest BCUT2D eigenvalue weighted by Gasteiger charge is 2.16. The fourth-order valence-electron chi connectivity index (χ4n) is 1.78. The van der Waals surface area contributed by atoms with Gasteiger partial charge in [0.25, 0.3) is 0 Å². The Kier molecular flexibility index (Phi) is 2.81. The molecule has 1 atom stereocenters. The fraction of sp³-hybridized carbons (Fsp3) is 0.500. The Hall–Kier alpha value is -0.600. The van der Waals surface area contributed by atoms with Gasteiger partial charge in [0, 0.05) is 17.8 Å². The fourth-order valence-corrected chi connectivity index (χ4v) is 2.03. The molecule has 2 nitrogen and oxygen atoms in total. The molecule has 0 aromatic carbocycles. The summed E-state index contributed by atoms with van der Waals surface area (Å²) in [4.78, 5) is 4.08. The summed E-state index contributed by atoms with van der Waals surface area (Å²) in [7, 11) is 0. The number of aromatic nitrogens is 1. The summed E-state index contributed by atoms with van der Waals surface area (Å²) in [6, 6.07) is 4.41. The van der Waals surface area contributed by atoms with E-state index in [1.807, 2.05) is 6.07 Å². The van der Waals surface area contributed by atoms with Crippen LogP contribution < -0.4 is 5.32 Å². The monoisotopic (exact) mass is 196 g/mol. The molecule has 0 radical (unpaired) electrons. The van der Waals surface area contributed by atoms with E-state index in [0.29, 0.717) is 11.2 Å². The van der Waals surface area contributed by atoms with E-state index in [-0.39, 0.29) is 0 Å². The first-order valence-corrected chi connectivity index (χ1v) is 5.09. The van der Waals surface area contributed by atoms with Crippen LogP contribution in [0.5, 0.6) is 0 Å². The predicted octanol–water partition coefficient (Wildman–Crippen LogP) is 2.55. The minimum absolute atomic E-state index is 0.412. The molecule has 1 aromatic rings. The van der Waals surface area contributed by atoms with Crippen LogP contribution in [0.3, 0.4) is 0 Å². The number of pyridine rings is 1. The van der Waals surface area contributed by atoms with Gasteiger partial charge in [-0.05, 0) is 25.5 Å². The van der Waals surface area contributed by atoms with Crippen molar-refractivity contribution in [1.29, 1.82) is 0 Å². The maximum Gasteiger partial charge on any atom is 0.133 e. The first-order chi connectivity index (χ1) is 6.38. The highest BCUT2D eigenvalue weighted by Crippen LogP contribution is 2.26. The second kappa shape index (κ2) is 4.07. The van der Waals surface area contributed by atoms with Crippen LogP contribution in [0.1, 0.15) is 30.9 Å². The maximum atomic E-state index is 6.01. The summed E-state index contributed by atoms with van der Waals surface area (Å²) in [5.41, 5.74) is 1.14. The van der Waals surface area contributed by atoms with Gasteiger partial charge in [0.15, 0.2) is 0 Å². The molecule has 0 spiro atoms. The molecule has 0 amide bonds. The van der Waals surface area contributed by atoms with Crippen molar-refractivity contribution in [2.45, 2.75) is 25.3 Å². The van der Waals surface area contributed by atoms with Crippen molar-refractivity contribution in [3.63, 3.8) is 0 Å². The minimum Gasteiger partial charge on any atom is -0.310 e. The summed E-state index contributed by atoms with van der Waals surface area (Å²) in [6.45, 7) is 1.09. The lowest BCUT2D eigenvalue weighted by molar-refractivity contribution is 0.412.